The molecule has 182 valence electrons. The molecule has 1 aromatic rings. The summed E-state index contributed by atoms with van der Waals surface area (Å²) >= 11 is 0. The lowest BCUT2D eigenvalue weighted by Crippen LogP contribution is -2.44. The summed E-state index contributed by atoms with van der Waals surface area (Å²) in [4.78, 5) is 25.6. The Labute approximate surface area is 209 Å². The summed E-state index contributed by atoms with van der Waals surface area (Å²) < 4.78 is 5.23. The molecule has 3 N–H and O–H groups in total. The Morgan fingerprint density at radius 1 is 1.16 bits per heavy atom. The van der Waals surface area contributed by atoms with Gasteiger partial charge in [0.2, 0.25) is 0 Å². The van der Waals surface area contributed by atoms with E-state index in [1.165, 1.54) is 0 Å². The third kappa shape index (κ3) is 11.2. The minimum absolute atomic E-state index is 0. The Kier molecular flexibility index (Phi) is 12.7. The van der Waals surface area contributed by atoms with Crippen molar-refractivity contribution in [2.24, 2.45) is 4.99 Å². The SMILES string of the molecule is CCNC(=NCc1ccnc(N2CCN(C)CC2)c1)NCCCNC(=O)OC(C)(C)C.I. The lowest BCUT2D eigenvalue weighted by molar-refractivity contribution is 0.0527. The highest BCUT2D eigenvalue weighted by atomic mass is 127. The number of nitrogens with one attached hydrogen (secondary N) is 3. The monoisotopic (exact) mass is 561 g/mol. The van der Waals surface area contributed by atoms with Crippen molar-refractivity contribution < 1.29 is 9.53 Å². The number of ether oxygens (including phenoxy) is 1. The summed E-state index contributed by atoms with van der Waals surface area (Å²) in [5.41, 5.74) is 0.650. The van der Waals surface area contributed by atoms with Gasteiger partial charge in [-0.25, -0.2) is 14.8 Å². The van der Waals surface area contributed by atoms with Crippen LogP contribution in [0, 0.1) is 0 Å². The first-order valence-corrected chi connectivity index (χ1v) is 11.1. The second-order valence-corrected chi connectivity index (χ2v) is 8.72. The van der Waals surface area contributed by atoms with E-state index in [2.05, 4.69) is 43.8 Å². The highest BCUT2D eigenvalue weighted by molar-refractivity contribution is 14.0. The van der Waals surface area contributed by atoms with Crippen LogP contribution in [0.5, 0.6) is 0 Å². The number of rotatable bonds is 8. The van der Waals surface area contributed by atoms with Crippen molar-refractivity contribution in [3.05, 3.63) is 23.9 Å². The van der Waals surface area contributed by atoms with Crippen molar-refractivity contribution in [1.29, 1.82) is 0 Å². The molecule has 10 heteroatoms. The maximum absolute atomic E-state index is 11.7. The molecule has 1 aliphatic heterocycles. The summed E-state index contributed by atoms with van der Waals surface area (Å²) in [5, 5.41) is 9.34. The number of pyridine rings is 1. The molecule has 0 radical (unpaired) electrons. The van der Waals surface area contributed by atoms with Crippen molar-refractivity contribution in [2.45, 2.75) is 46.3 Å². The number of alkyl carbamates (subject to hydrolysis) is 1. The van der Waals surface area contributed by atoms with Gasteiger partial charge in [-0.2, -0.15) is 0 Å². The number of anilines is 1. The lowest BCUT2D eigenvalue weighted by Gasteiger charge is -2.33. The van der Waals surface area contributed by atoms with Crippen molar-refractivity contribution >= 4 is 41.8 Å². The molecule has 0 saturated carbocycles. The average Bonchev–Trinajstić information content (AvgIpc) is 2.71. The van der Waals surface area contributed by atoms with Gasteiger partial charge in [-0.1, -0.05) is 0 Å². The molecule has 0 unspecified atom stereocenters. The molecule has 1 saturated heterocycles. The summed E-state index contributed by atoms with van der Waals surface area (Å²) in [7, 11) is 2.15. The van der Waals surface area contributed by atoms with E-state index in [1.807, 2.05) is 40.0 Å². The largest absolute Gasteiger partial charge is 0.444 e. The fourth-order valence-electron chi connectivity index (χ4n) is 3.08. The van der Waals surface area contributed by atoms with Crippen molar-refractivity contribution in [3.63, 3.8) is 0 Å². The molecule has 2 rings (SSSR count). The summed E-state index contributed by atoms with van der Waals surface area (Å²) in [5.74, 6) is 1.78. The maximum atomic E-state index is 11.7. The Balaban J connectivity index is 0.00000512. The second-order valence-electron chi connectivity index (χ2n) is 8.72. The van der Waals surface area contributed by atoms with Gasteiger partial charge in [0.05, 0.1) is 6.54 Å². The maximum Gasteiger partial charge on any atom is 0.407 e. The van der Waals surface area contributed by atoms with Crippen molar-refractivity contribution in [1.82, 2.24) is 25.8 Å². The van der Waals surface area contributed by atoms with E-state index in [9.17, 15) is 4.79 Å². The van der Waals surface area contributed by atoms with Crippen LogP contribution in [0.1, 0.15) is 39.7 Å². The van der Waals surface area contributed by atoms with Gasteiger partial charge >= 0.3 is 6.09 Å². The van der Waals surface area contributed by atoms with Gasteiger partial charge in [-0.3, -0.25) is 0 Å². The van der Waals surface area contributed by atoms with Gasteiger partial charge in [-0.05, 0) is 58.9 Å². The molecule has 1 aromatic heterocycles. The summed E-state index contributed by atoms with van der Waals surface area (Å²) in [6.45, 7) is 14.3. The van der Waals surface area contributed by atoms with Gasteiger partial charge in [0.1, 0.15) is 11.4 Å². The highest BCUT2D eigenvalue weighted by Crippen LogP contribution is 2.15. The molecule has 0 aliphatic carbocycles. The van der Waals surface area contributed by atoms with E-state index in [4.69, 9.17) is 9.73 Å². The van der Waals surface area contributed by atoms with Crippen LogP contribution < -0.4 is 20.9 Å². The first-order valence-electron chi connectivity index (χ1n) is 11.1. The van der Waals surface area contributed by atoms with Gasteiger partial charge in [0.25, 0.3) is 0 Å². The van der Waals surface area contributed by atoms with Crippen molar-refractivity contribution in [2.75, 3.05) is 57.8 Å². The zero-order valence-corrected chi connectivity index (χ0v) is 22.4. The first kappa shape index (κ1) is 28.2. The number of halogens is 1. The van der Waals surface area contributed by atoms with E-state index in [-0.39, 0.29) is 30.1 Å². The quantitative estimate of drug-likeness (QED) is 0.194. The molecule has 2 heterocycles. The molecular weight excluding hydrogens is 521 g/mol. The number of aliphatic imine (C=N–C) groups is 1. The summed E-state index contributed by atoms with van der Waals surface area (Å²) in [6.07, 6.45) is 2.25. The second kappa shape index (κ2) is 14.4. The van der Waals surface area contributed by atoms with Gasteiger partial charge < -0.3 is 30.5 Å². The number of amides is 1. The standard InChI is InChI=1S/C22H39N7O2.HI/c1-6-23-20(25-9-7-10-26-21(30)31-22(2,3)4)27-17-18-8-11-24-19(16-18)29-14-12-28(5)13-15-29;/h8,11,16H,6-7,9-10,12-15,17H2,1-5H3,(H,26,30)(H2,23,25,27);1H. The minimum atomic E-state index is -0.482. The summed E-state index contributed by atoms with van der Waals surface area (Å²) in [6, 6.07) is 4.14. The fourth-order valence-corrected chi connectivity index (χ4v) is 3.08. The van der Waals surface area contributed by atoms with Crippen LogP contribution in [0.2, 0.25) is 0 Å². The Bertz CT molecular complexity index is 716. The van der Waals surface area contributed by atoms with Crippen LogP contribution in [0.4, 0.5) is 10.6 Å². The van der Waals surface area contributed by atoms with E-state index in [0.717, 1.165) is 56.5 Å². The Hall–Kier alpha value is -1.82. The normalized spacial score (nSPS) is 15.0. The van der Waals surface area contributed by atoms with Crippen LogP contribution in [0.25, 0.3) is 0 Å². The van der Waals surface area contributed by atoms with E-state index >= 15 is 0 Å². The number of carbonyl (C=O) groups excluding carboxylic acids is 1. The van der Waals surface area contributed by atoms with Gasteiger partial charge in [-0.15, -0.1) is 24.0 Å². The van der Waals surface area contributed by atoms with Crippen LogP contribution in [0.3, 0.4) is 0 Å². The van der Waals surface area contributed by atoms with Crippen LogP contribution in [0.15, 0.2) is 23.3 Å². The number of hydrogen-bond acceptors (Lipinski definition) is 6. The van der Waals surface area contributed by atoms with E-state index < -0.39 is 5.60 Å². The smallest absolute Gasteiger partial charge is 0.407 e. The van der Waals surface area contributed by atoms with E-state index in [0.29, 0.717) is 19.6 Å². The zero-order valence-electron chi connectivity index (χ0n) is 20.1. The number of guanidine groups is 1. The fraction of sp³-hybridized carbons (Fsp3) is 0.682. The average molecular weight is 562 g/mol. The molecule has 0 aromatic carbocycles. The third-order valence-corrected chi connectivity index (χ3v) is 4.72. The number of piperazine rings is 1. The van der Waals surface area contributed by atoms with Crippen LogP contribution >= 0.6 is 24.0 Å². The van der Waals surface area contributed by atoms with Crippen LogP contribution in [-0.4, -0.2) is 80.4 Å². The third-order valence-electron chi connectivity index (χ3n) is 4.72. The molecule has 1 aliphatic rings. The lowest BCUT2D eigenvalue weighted by atomic mass is 10.2. The topological polar surface area (TPSA) is 94.1 Å². The first-order chi connectivity index (χ1) is 14.8. The highest BCUT2D eigenvalue weighted by Gasteiger charge is 2.16. The predicted octanol–water partition coefficient (Wildman–Crippen LogP) is 2.42. The molecule has 0 spiro atoms. The Morgan fingerprint density at radius 2 is 1.84 bits per heavy atom. The number of aromatic nitrogens is 1. The molecule has 0 atom stereocenters. The molecule has 1 fully saturated rings. The Morgan fingerprint density at radius 3 is 2.50 bits per heavy atom. The van der Waals surface area contributed by atoms with Crippen molar-refractivity contribution in [3.8, 4) is 0 Å². The minimum Gasteiger partial charge on any atom is -0.444 e. The zero-order chi connectivity index (χ0) is 22.7. The van der Waals surface area contributed by atoms with Crippen LogP contribution in [-0.2, 0) is 11.3 Å². The molecule has 9 nitrogen and oxygen atoms in total. The molecule has 1 amide bonds. The number of likely N-dealkylation sites (N-methyl/N-ethyl adjacent to an activating group) is 1. The number of carbonyl (C=O) groups is 1. The number of hydrogen-bond donors (Lipinski definition) is 3. The van der Waals surface area contributed by atoms with Gasteiger partial charge in [0.15, 0.2) is 5.96 Å². The molecular formula is C22H40IN7O2. The van der Waals surface area contributed by atoms with Gasteiger partial charge in [0, 0.05) is 52.0 Å². The number of nitrogens with zero attached hydrogens (tertiary/aromatic N) is 4. The molecule has 0 bridgehead atoms. The van der Waals surface area contributed by atoms with E-state index in [1.54, 1.807) is 0 Å². The predicted molar refractivity (Wildman–Crippen MR) is 141 cm³/mol. The molecule has 32 heavy (non-hydrogen) atoms.